The molecule has 0 bridgehead atoms. The highest BCUT2D eigenvalue weighted by Gasteiger charge is 2.20. The minimum absolute atomic E-state index is 0.122. The Balaban J connectivity index is 4.17. The van der Waals surface area contributed by atoms with Crippen LogP contribution in [0.15, 0.2) is 12.2 Å². The number of hydrogen-bond donors (Lipinski definition) is 2. The van der Waals surface area contributed by atoms with Gasteiger partial charge in [0.25, 0.3) is 0 Å². The predicted octanol–water partition coefficient (Wildman–Crippen LogP) is -0.275. The third kappa shape index (κ3) is 6.60. The van der Waals surface area contributed by atoms with Crippen LogP contribution in [0, 0.1) is 0 Å². The Kier molecular flexibility index (Phi) is 7.00. The Morgan fingerprint density at radius 1 is 1.35 bits per heavy atom. The van der Waals surface area contributed by atoms with Crippen LogP contribution in [-0.4, -0.2) is 40.6 Å². The van der Waals surface area contributed by atoms with Gasteiger partial charge in [-0.05, 0) is 19.8 Å². The molecular formula is C11H16O6. The Bertz CT molecular complexity index is 320. The van der Waals surface area contributed by atoms with E-state index in [1.165, 1.54) is 6.92 Å². The SMILES string of the molecule is C=C(C(=O)OC(=O)CC(C)=O)C(O)CCCO. The highest BCUT2D eigenvalue weighted by molar-refractivity contribution is 6.02. The average Bonchev–Trinajstić information content (AvgIpc) is 2.23. The van der Waals surface area contributed by atoms with E-state index in [0.29, 0.717) is 6.42 Å². The number of hydrogen-bond acceptors (Lipinski definition) is 6. The summed E-state index contributed by atoms with van der Waals surface area (Å²) >= 11 is 0. The lowest BCUT2D eigenvalue weighted by molar-refractivity contribution is -0.157. The minimum atomic E-state index is -1.17. The summed E-state index contributed by atoms with van der Waals surface area (Å²) in [6.45, 7) is 4.37. The number of ketones is 1. The van der Waals surface area contributed by atoms with Crippen molar-refractivity contribution in [3.63, 3.8) is 0 Å². The summed E-state index contributed by atoms with van der Waals surface area (Å²) in [6, 6.07) is 0. The first kappa shape index (κ1) is 15.5. The van der Waals surface area contributed by atoms with Crippen molar-refractivity contribution in [2.45, 2.75) is 32.3 Å². The summed E-state index contributed by atoms with van der Waals surface area (Å²) in [4.78, 5) is 32.8. The molecule has 0 aliphatic heterocycles. The van der Waals surface area contributed by atoms with Crippen LogP contribution in [0.5, 0.6) is 0 Å². The van der Waals surface area contributed by atoms with Crippen LogP contribution >= 0.6 is 0 Å². The van der Waals surface area contributed by atoms with Crippen molar-refractivity contribution in [3.8, 4) is 0 Å². The van der Waals surface area contributed by atoms with Gasteiger partial charge < -0.3 is 14.9 Å². The summed E-state index contributed by atoms with van der Waals surface area (Å²) < 4.78 is 4.30. The number of ether oxygens (including phenoxy) is 1. The molecule has 6 heteroatoms. The van der Waals surface area contributed by atoms with E-state index < -0.39 is 30.2 Å². The topological polar surface area (TPSA) is 101 Å². The molecule has 96 valence electrons. The van der Waals surface area contributed by atoms with Crippen molar-refractivity contribution in [2.24, 2.45) is 0 Å². The Morgan fingerprint density at radius 3 is 2.41 bits per heavy atom. The number of rotatable bonds is 7. The molecular weight excluding hydrogens is 228 g/mol. The third-order valence-electron chi connectivity index (χ3n) is 1.90. The van der Waals surface area contributed by atoms with Crippen molar-refractivity contribution in [1.29, 1.82) is 0 Å². The van der Waals surface area contributed by atoms with E-state index >= 15 is 0 Å². The zero-order valence-corrected chi connectivity index (χ0v) is 9.64. The van der Waals surface area contributed by atoms with Gasteiger partial charge in [0.15, 0.2) is 0 Å². The molecule has 0 aromatic heterocycles. The Morgan fingerprint density at radius 2 is 1.94 bits per heavy atom. The van der Waals surface area contributed by atoms with Gasteiger partial charge in [-0.2, -0.15) is 0 Å². The molecule has 0 heterocycles. The summed E-state index contributed by atoms with van der Waals surface area (Å²) in [7, 11) is 0. The number of aliphatic hydroxyl groups is 2. The fraction of sp³-hybridized carbons (Fsp3) is 0.545. The molecule has 0 spiro atoms. The molecule has 0 aliphatic carbocycles. The van der Waals surface area contributed by atoms with Crippen LogP contribution in [0.2, 0.25) is 0 Å². The van der Waals surface area contributed by atoms with Crippen LogP contribution in [0.4, 0.5) is 0 Å². The lowest BCUT2D eigenvalue weighted by Gasteiger charge is -2.11. The van der Waals surface area contributed by atoms with Crippen molar-refractivity contribution in [2.75, 3.05) is 6.61 Å². The average molecular weight is 244 g/mol. The molecule has 0 aromatic rings. The molecule has 0 aliphatic rings. The minimum Gasteiger partial charge on any atom is -0.396 e. The summed E-state index contributed by atoms with van der Waals surface area (Å²) in [5, 5.41) is 18.0. The Labute approximate surface area is 98.9 Å². The van der Waals surface area contributed by atoms with E-state index in [1.807, 2.05) is 0 Å². The van der Waals surface area contributed by atoms with Gasteiger partial charge in [-0.1, -0.05) is 6.58 Å². The molecule has 2 N–H and O–H groups in total. The van der Waals surface area contributed by atoms with Gasteiger partial charge in [-0.15, -0.1) is 0 Å². The second-order valence-electron chi connectivity index (χ2n) is 3.55. The molecule has 0 saturated carbocycles. The number of Topliss-reactive ketones (excluding diaryl/α,β-unsaturated/α-hetero) is 1. The van der Waals surface area contributed by atoms with E-state index in [2.05, 4.69) is 11.3 Å². The lowest BCUT2D eigenvalue weighted by atomic mass is 10.1. The number of aliphatic hydroxyl groups excluding tert-OH is 2. The summed E-state index contributed by atoms with van der Waals surface area (Å²) in [6.07, 6.45) is -1.22. The van der Waals surface area contributed by atoms with Crippen molar-refractivity contribution in [3.05, 3.63) is 12.2 Å². The van der Waals surface area contributed by atoms with Gasteiger partial charge in [-0.25, -0.2) is 4.79 Å². The number of carbonyl (C=O) groups is 3. The first-order valence-electron chi connectivity index (χ1n) is 5.10. The zero-order chi connectivity index (χ0) is 13.4. The van der Waals surface area contributed by atoms with Crippen LogP contribution in [0.25, 0.3) is 0 Å². The molecule has 0 aromatic carbocycles. The second-order valence-corrected chi connectivity index (χ2v) is 3.55. The summed E-state index contributed by atoms with van der Waals surface area (Å²) in [5.74, 6) is -2.45. The van der Waals surface area contributed by atoms with E-state index in [4.69, 9.17) is 5.11 Å². The molecule has 0 rings (SSSR count). The molecule has 1 atom stereocenters. The van der Waals surface area contributed by atoms with Crippen LogP contribution in [-0.2, 0) is 19.1 Å². The van der Waals surface area contributed by atoms with E-state index in [0.717, 1.165) is 0 Å². The van der Waals surface area contributed by atoms with Gasteiger partial charge in [0.2, 0.25) is 0 Å². The zero-order valence-electron chi connectivity index (χ0n) is 9.64. The fourth-order valence-corrected chi connectivity index (χ4v) is 1.00. The van der Waals surface area contributed by atoms with Crippen molar-refractivity contribution < 1.29 is 29.3 Å². The van der Waals surface area contributed by atoms with E-state index in [9.17, 15) is 19.5 Å². The largest absolute Gasteiger partial charge is 0.396 e. The van der Waals surface area contributed by atoms with E-state index in [-0.39, 0.29) is 18.6 Å². The molecule has 0 amide bonds. The first-order chi connectivity index (χ1) is 7.88. The Hall–Kier alpha value is -1.53. The highest BCUT2D eigenvalue weighted by atomic mass is 16.6. The molecule has 0 fully saturated rings. The quantitative estimate of drug-likeness (QED) is 0.363. The molecule has 17 heavy (non-hydrogen) atoms. The molecule has 0 radical (unpaired) electrons. The standard InChI is InChI=1S/C11H16O6/c1-7(13)6-10(15)17-11(16)8(2)9(14)4-3-5-12/h9,12,14H,2-6H2,1H3. The number of carbonyl (C=O) groups excluding carboxylic acids is 3. The highest BCUT2D eigenvalue weighted by Crippen LogP contribution is 2.09. The predicted molar refractivity (Wildman–Crippen MR) is 57.9 cm³/mol. The van der Waals surface area contributed by atoms with Crippen molar-refractivity contribution >= 4 is 17.7 Å². The molecule has 6 nitrogen and oxygen atoms in total. The van der Waals surface area contributed by atoms with Crippen LogP contribution in [0.3, 0.4) is 0 Å². The van der Waals surface area contributed by atoms with Gasteiger partial charge in [-0.3, -0.25) is 9.59 Å². The van der Waals surface area contributed by atoms with Crippen molar-refractivity contribution in [1.82, 2.24) is 0 Å². The van der Waals surface area contributed by atoms with Gasteiger partial charge in [0.1, 0.15) is 12.2 Å². The summed E-state index contributed by atoms with van der Waals surface area (Å²) in [5.41, 5.74) is -0.268. The maximum absolute atomic E-state index is 11.3. The molecule has 1 unspecified atom stereocenters. The van der Waals surface area contributed by atoms with E-state index in [1.54, 1.807) is 0 Å². The van der Waals surface area contributed by atoms with Crippen LogP contribution < -0.4 is 0 Å². The maximum Gasteiger partial charge on any atom is 0.343 e. The third-order valence-corrected chi connectivity index (χ3v) is 1.90. The first-order valence-corrected chi connectivity index (χ1v) is 5.10. The number of esters is 2. The fourth-order valence-electron chi connectivity index (χ4n) is 1.00. The van der Waals surface area contributed by atoms with Gasteiger partial charge in [0, 0.05) is 6.61 Å². The maximum atomic E-state index is 11.3. The lowest BCUT2D eigenvalue weighted by Crippen LogP contribution is -2.23. The normalized spacial score (nSPS) is 11.7. The second kappa shape index (κ2) is 7.70. The molecule has 0 saturated heterocycles. The van der Waals surface area contributed by atoms with Crippen LogP contribution in [0.1, 0.15) is 26.2 Å². The van der Waals surface area contributed by atoms with Gasteiger partial charge >= 0.3 is 11.9 Å². The smallest absolute Gasteiger partial charge is 0.343 e. The monoisotopic (exact) mass is 244 g/mol. The van der Waals surface area contributed by atoms with Gasteiger partial charge in [0.05, 0.1) is 11.7 Å².